The Hall–Kier alpha value is -1.78. The van der Waals surface area contributed by atoms with Gasteiger partial charge in [-0.1, -0.05) is 6.07 Å². The number of hydrogen-bond acceptors (Lipinski definition) is 1. The van der Waals surface area contributed by atoms with Crippen LogP contribution in [0.4, 0.5) is 13.2 Å². The summed E-state index contributed by atoms with van der Waals surface area (Å²) in [4.78, 5) is 10.6. The number of hydrogen-bond donors (Lipinski definition) is 0. The quantitative estimate of drug-likeness (QED) is 0.770. The van der Waals surface area contributed by atoms with Gasteiger partial charge in [0.15, 0.2) is 0 Å². The van der Waals surface area contributed by atoms with Crippen molar-refractivity contribution < 1.29 is 18.0 Å². The van der Waals surface area contributed by atoms with E-state index in [4.69, 9.17) is 0 Å². The maximum atomic E-state index is 12.6. The van der Waals surface area contributed by atoms with Gasteiger partial charge in [-0.05, 0) is 24.6 Å². The minimum Gasteiger partial charge on any atom is -0.347 e. The normalized spacial score (nSPS) is 12.0. The molecule has 0 N–H and O–H groups in total. The highest BCUT2D eigenvalue weighted by Gasteiger charge is 2.30. The van der Waals surface area contributed by atoms with Crippen LogP contribution in [-0.4, -0.2) is 10.9 Å². The molecular formula is C13H12F3NO. The van der Waals surface area contributed by atoms with E-state index in [0.29, 0.717) is 17.4 Å². The highest BCUT2D eigenvalue weighted by molar-refractivity contribution is 5.86. The number of aldehydes is 1. The summed E-state index contributed by atoms with van der Waals surface area (Å²) in [7, 11) is 0. The lowest BCUT2D eigenvalue weighted by atomic mass is 10.1. The molecule has 2 rings (SSSR count). The number of aromatic nitrogens is 1. The molecule has 2 aromatic rings. The van der Waals surface area contributed by atoms with Crippen LogP contribution in [0.2, 0.25) is 0 Å². The standard InChI is InChI=1S/C13H12F3NO/c1-2-17-8-9(5-6-18)11-4-3-10(7-12(11)17)13(14,15)16/h3-4,6-8H,2,5H2,1H3. The Balaban J connectivity index is 2.65. The van der Waals surface area contributed by atoms with Crippen LogP contribution in [0.5, 0.6) is 0 Å². The number of benzene rings is 1. The number of carbonyl (C=O) groups is 1. The molecule has 0 spiro atoms. The van der Waals surface area contributed by atoms with Crippen LogP contribution in [-0.2, 0) is 23.9 Å². The van der Waals surface area contributed by atoms with E-state index in [-0.39, 0.29) is 6.42 Å². The van der Waals surface area contributed by atoms with Gasteiger partial charge < -0.3 is 9.36 Å². The summed E-state index contributed by atoms with van der Waals surface area (Å²) in [6.45, 7) is 2.42. The van der Waals surface area contributed by atoms with Gasteiger partial charge in [0.25, 0.3) is 0 Å². The molecule has 1 aromatic carbocycles. The average Bonchev–Trinajstić information content (AvgIpc) is 2.66. The lowest BCUT2D eigenvalue weighted by Gasteiger charge is -2.07. The van der Waals surface area contributed by atoms with Crippen LogP contribution in [0.1, 0.15) is 18.1 Å². The number of rotatable bonds is 3. The van der Waals surface area contributed by atoms with Gasteiger partial charge in [-0.25, -0.2) is 0 Å². The largest absolute Gasteiger partial charge is 0.416 e. The third-order valence-corrected chi connectivity index (χ3v) is 2.94. The van der Waals surface area contributed by atoms with E-state index in [1.54, 1.807) is 10.8 Å². The number of halogens is 3. The molecule has 0 aliphatic rings. The van der Waals surface area contributed by atoms with Gasteiger partial charge in [0.1, 0.15) is 6.29 Å². The Morgan fingerprint density at radius 2 is 2.06 bits per heavy atom. The molecule has 0 atom stereocenters. The maximum Gasteiger partial charge on any atom is 0.416 e. The van der Waals surface area contributed by atoms with Crippen LogP contribution in [0.25, 0.3) is 10.9 Å². The number of alkyl halides is 3. The van der Waals surface area contributed by atoms with Gasteiger partial charge in [-0.2, -0.15) is 13.2 Å². The summed E-state index contributed by atoms with van der Waals surface area (Å²) >= 11 is 0. The van der Waals surface area contributed by atoms with E-state index in [1.165, 1.54) is 6.07 Å². The minimum atomic E-state index is -4.35. The van der Waals surface area contributed by atoms with E-state index in [9.17, 15) is 18.0 Å². The van der Waals surface area contributed by atoms with Crippen LogP contribution >= 0.6 is 0 Å². The monoisotopic (exact) mass is 255 g/mol. The third-order valence-electron chi connectivity index (χ3n) is 2.94. The highest BCUT2D eigenvalue weighted by Crippen LogP contribution is 2.32. The summed E-state index contributed by atoms with van der Waals surface area (Å²) < 4.78 is 39.6. The molecule has 0 saturated carbocycles. The van der Waals surface area contributed by atoms with Gasteiger partial charge in [0, 0.05) is 30.1 Å². The van der Waals surface area contributed by atoms with Crippen molar-refractivity contribution in [1.29, 1.82) is 0 Å². The van der Waals surface area contributed by atoms with Crippen molar-refractivity contribution in [3.63, 3.8) is 0 Å². The molecule has 0 amide bonds. The second-order valence-corrected chi connectivity index (χ2v) is 4.04. The lowest BCUT2D eigenvalue weighted by Crippen LogP contribution is -2.04. The van der Waals surface area contributed by atoms with Crippen molar-refractivity contribution in [2.24, 2.45) is 0 Å². The number of fused-ring (bicyclic) bond motifs is 1. The van der Waals surface area contributed by atoms with Crippen molar-refractivity contribution in [2.45, 2.75) is 26.1 Å². The SMILES string of the molecule is CCn1cc(CC=O)c2ccc(C(F)(F)F)cc21. The number of carbonyl (C=O) groups excluding carboxylic acids is 1. The fraction of sp³-hybridized carbons (Fsp3) is 0.308. The molecule has 0 unspecified atom stereocenters. The van der Waals surface area contributed by atoms with Gasteiger partial charge in [0.05, 0.1) is 5.56 Å². The van der Waals surface area contributed by atoms with Crippen molar-refractivity contribution in [3.8, 4) is 0 Å². The zero-order valence-electron chi connectivity index (χ0n) is 9.79. The van der Waals surface area contributed by atoms with Gasteiger partial charge in [-0.15, -0.1) is 0 Å². The van der Waals surface area contributed by atoms with Crippen LogP contribution in [0.3, 0.4) is 0 Å². The molecule has 5 heteroatoms. The fourth-order valence-electron chi connectivity index (χ4n) is 2.06. The Bertz CT molecular complexity index is 584. The molecule has 1 heterocycles. The minimum absolute atomic E-state index is 0.217. The summed E-state index contributed by atoms with van der Waals surface area (Å²) in [6, 6.07) is 3.62. The van der Waals surface area contributed by atoms with E-state index < -0.39 is 11.7 Å². The maximum absolute atomic E-state index is 12.6. The van der Waals surface area contributed by atoms with Crippen LogP contribution in [0.15, 0.2) is 24.4 Å². The Morgan fingerprint density at radius 1 is 1.33 bits per heavy atom. The molecule has 2 nitrogen and oxygen atoms in total. The first-order valence-corrected chi connectivity index (χ1v) is 5.60. The first kappa shape index (κ1) is 12.7. The first-order chi connectivity index (χ1) is 8.47. The van der Waals surface area contributed by atoms with Crippen molar-refractivity contribution in [3.05, 3.63) is 35.5 Å². The zero-order chi connectivity index (χ0) is 13.3. The highest BCUT2D eigenvalue weighted by atomic mass is 19.4. The third kappa shape index (κ3) is 2.12. The van der Waals surface area contributed by atoms with Gasteiger partial charge >= 0.3 is 6.18 Å². The number of aryl methyl sites for hydroxylation is 1. The van der Waals surface area contributed by atoms with Gasteiger partial charge in [0.2, 0.25) is 0 Å². The number of nitrogens with zero attached hydrogens (tertiary/aromatic N) is 1. The molecule has 0 bridgehead atoms. The van der Waals surface area contributed by atoms with E-state index in [1.807, 2.05) is 6.92 Å². The summed E-state index contributed by atoms with van der Waals surface area (Å²) in [6.07, 6.45) is -1.64. The average molecular weight is 255 g/mol. The Labute approximate surface area is 102 Å². The summed E-state index contributed by atoms with van der Waals surface area (Å²) in [5, 5.41) is 0.706. The summed E-state index contributed by atoms with van der Waals surface area (Å²) in [5.41, 5.74) is 0.611. The van der Waals surface area contributed by atoms with E-state index in [0.717, 1.165) is 24.0 Å². The van der Waals surface area contributed by atoms with Crippen LogP contribution in [0, 0.1) is 0 Å². The molecule has 18 heavy (non-hydrogen) atoms. The molecule has 0 radical (unpaired) electrons. The molecule has 1 aromatic heterocycles. The molecular weight excluding hydrogens is 243 g/mol. The van der Waals surface area contributed by atoms with Crippen LogP contribution < -0.4 is 0 Å². The fourth-order valence-corrected chi connectivity index (χ4v) is 2.06. The molecule has 0 aliphatic carbocycles. The van der Waals surface area contributed by atoms with Crippen molar-refractivity contribution >= 4 is 17.2 Å². The molecule has 0 saturated heterocycles. The second-order valence-electron chi connectivity index (χ2n) is 4.04. The van der Waals surface area contributed by atoms with Gasteiger partial charge in [-0.3, -0.25) is 0 Å². The second kappa shape index (κ2) is 4.48. The predicted octanol–water partition coefficient (Wildman–Crippen LogP) is 3.42. The molecule has 0 fully saturated rings. The van der Waals surface area contributed by atoms with E-state index >= 15 is 0 Å². The first-order valence-electron chi connectivity index (χ1n) is 5.60. The topological polar surface area (TPSA) is 22.0 Å². The summed E-state index contributed by atoms with van der Waals surface area (Å²) in [5.74, 6) is 0. The lowest BCUT2D eigenvalue weighted by molar-refractivity contribution is -0.137. The molecule has 96 valence electrons. The zero-order valence-corrected chi connectivity index (χ0v) is 9.79. The Kier molecular flexibility index (Phi) is 3.15. The van der Waals surface area contributed by atoms with Crippen molar-refractivity contribution in [1.82, 2.24) is 4.57 Å². The Morgan fingerprint density at radius 3 is 2.61 bits per heavy atom. The molecule has 0 aliphatic heterocycles. The van der Waals surface area contributed by atoms with Crippen molar-refractivity contribution in [2.75, 3.05) is 0 Å². The smallest absolute Gasteiger partial charge is 0.347 e. The predicted molar refractivity (Wildman–Crippen MR) is 62.4 cm³/mol. The van der Waals surface area contributed by atoms with E-state index in [2.05, 4.69) is 0 Å².